The fourth-order valence-corrected chi connectivity index (χ4v) is 5.79. The Kier molecular flexibility index (Phi) is 4.67. The van der Waals surface area contributed by atoms with Crippen molar-refractivity contribution in [3.8, 4) is 5.75 Å². The highest BCUT2D eigenvalue weighted by Gasteiger charge is 2.39. The van der Waals surface area contributed by atoms with Gasteiger partial charge in [0, 0.05) is 25.1 Å². The quantitative estimate of drug-likeness (QED) is 0.779. The molecule has 1 amide bonds. The predicted molar refractivity (Wildman–Crippen MR) is 102 cm³/mol. The average molecular weight is 405 g/mol. The lowest BCUT2D eigenvalue weighted by Crippen LogP contribution is -2.36. The third-order valence-electron chi connectivity index (χ3n) is 5.41. The molecule has 3 heterocycles. The van der Waals surface area contributed by atoms with Crippen molar-refractivity contribution in [1.82, 2.24) is 9.46 Å². The molecule has 9 heteroatoms. The number of carbonyl (C=O) groups excluding carboxylic acids is 1. The molecule has 1 aromatic heterocycles. The van der Waals surface area contributed by atoms with Crippen molar-refractivity contribution in [2.75, 3.05) is 24.6 Å². The van der Waals surface area contributed by atoms with Crippen molar-refractivity contribution in [2.24, 2.45) is 0 Å². The zero-order valence-electron chi connectivity index (χ0n) is 16.1. The number of hydrogen-bond acceptors (Lipinski definition) is 6. The molecule has 0 saturated carbocycles. The first-order valence-corrected chi connectivity index (χ1v) is 10.7. The molecule has 150 valence electrons. The molecule has 2 aromatic rings. The Morgan fingerprint density at radius 2 is 2.04 bits per heavy atom. The van der Waals surface area contributed by atoms with Gasteiger partial charge in [-0.2, -0.15) is 4.31 Å². The van der Waals surface area contributed by atoms with Gasteiger partial charge in [-0.1, -0.05) is 5.16 Å². The van der Waals surface area contributed by atoms with Gasteiger partial charge < -0.3 is 14.2 Å². The molecule has 0 unspecified atom stereocenters. The van der Waals surface area contributed by atoms with Gasteiger partial charge in [-0.15, -0.1) is 0 Å². The SMILES string of the molecule is CC(=O)N1CCOc2cc(S(=O)(=O)N3CCC[C@@H]3c3c(C)noc3C)ccc21. The monoisotopic (exact) mass is 405 g/mol. The van der Waals surface area contributed by atoms with Crippen LogP contribution in [0, 0.1) is 13.8 Å². The highest BCUT2D eigenvalue weighted by Crippen LogP contribution is 2.41. The molecule has 2 aliphatic heterocycles. The van der Waals surface area contributed by atoms with E-state index in [1.54, 1.807) is 17.0 Å². The minimum Gasteiger partial charge on any atom is -0.489 e. The second-order valence-electron chi connectivity index (χ2n) is 7.16. The highest BCUT2D eigenvalue weighted by molar-refractivity contribution is 7.89. The Balaban J connectivity index is 1.71. The number of anilines is 1. The first kappa shape index (κ1) is 18.9. The van der Waals surface area contributed by atoms with E-state index in [9.17, 15) is 13.2 Å². The number of aromatic nitrogens is 1. The number of hydrogen-bond donors (Lipinski definition) is 0. The van der Waals surface area contributed by atoms with E-state index in [0.717, 1.165) is 24.1 Å². The molecule has 0 N–H and O–H groups in total. The zero-order chi connectivity index (χ0) is 20.1. The highest BCUT2D eigenvalue weighted by atomic mass is 32.2. The van der Waals surface area contributed by atoms with Crippen LogP contribution in [-0.2, 0) is 14.8 Å². The van der Waals surface area contributed by atoms with E-state index in [2.05, 4.69) is 5.16 Å². The maximum Gasteiger partial charge on any atom is 0.243 e. The molecule has 1 saturated heterocycles. The molecular formula is C19H23N3O5S. The summed E-state index contributed by atoms with van der Waals surface area (Å²) >= 11 is 0. The number of aryl methyl sites for hydroxylation is 2. The topological polar surface area (TPSA) is 93.0 Å². The van der Waals surface area contributed by atoms with Crippen LogP contribution in [0.5, 0.6) is 5.75 Å². The first-order valence-electron chi connectivity index (χ1n) is 9.30. The van der Waals surface area contributed by atoms with Gasteiger partial charge in [-0.3, -0.25) is 4.79 Å². The molecule has 1 atom stereocenters. The van der Waals surface area contributed by atoms with Gasteiger partial charge in [0.15, 0.2) is 0 Å². The number of rotatable bonds is 3. The summed E-state index contributed by atoms with van der Waals surface area (Å²) in [5.41, 5.74) is 2.16. The van der Waals surface area contributed by atoms with Crippen LogP contribution in [0.15, 0.2) is 27.6 Å². The summed E-state index contributed by atoms with van der Waals surface area (Å²) < 4.78 is 39.2. The van der Waals surface area contributed by atoms with Gasteiger partial charge in [0.05, 0.1) is 28.9 Å². The average Bonchev–Trinajstić information content (AvgIpc) is 3.27. The molecule has 1 aromatic carbocycles. The van der Waals surface area contributed by atoms with E-state index in [-0.39, 0.29) is 16.8 Å². The third-order valence-corrected chi connectivity index (χ3v) is 7.31. The molecule has 28 heavy (non-hydrogen) atoms. The van der Waals surface area contributed by atoms with E-state index in [1.165, 1.54) is 17.3 Å². The number of benzene rings is 1. The van der Waals surface area contributed by atoms with Gasteiger partial charge in [0.1, 0.15) is 18.1 Å². The molecular weight excluding hydrogens is 382 g/mol. The van der Waals surface area contributed by atoms with Crippen LogP contribution in [0.1, 0.15) is 42.8 Å². The standard InChI is InChI=1S/C19H23N3O5S/c1-12-19(13(2)27-20-12)17-5-4-8-22(17)28(24,25)15-6-7-16-18(11-15)26-10-9-21(16)14(3)23/h6-7,11,17H,4-5,8-10H2,1-3H3/t17-/m1/s1. The Bertz CT molecular complexity index is 1010. The number of sulfonamides is 1. The lowest BCUT2D eigenvalue weighted by molar-refractivity contribution is -0.116. The maximum atomic E-state index is 13.4. The third kappa shape index (κ3) is 2.98. The summed E-state index contributed by atoms with van der Waals surface area (Å²) in [5.74, 6) is 0.962. The Morgan fingerprint density at radius 1 is 1.25 bits per heavy atom. The molecule has 8 nitrogen and oxygen atoms in total. The van der Waals surface area contributed by atoms with Gasteiger partial charge in [0.2, 0.25) is 15.9 Å². The number of nitrogens with zero attached hydrogens (tertiary/aromatic N) is 3. The van der Waals surface area contributed by atoms with E-state index in [1.807, 2.05) is 13.8 Å². The smallest absolute Gasteiger partial charge is 0.243 e. The normalized spacial score (nSPS) is 20.1. The van der Waals surface area contributed by atoms with Gasteiger partial charge in [-0.05, 0) is 38.8 Å². The van der Waals surface area contributed by atoms with Crippen molar-refractivity contribution in [2.45, 2.75) is 44.6 Å². The second kappa shape index (κ2) is 6.89. The van der Waals surface area contributed by atoms with Crippen LogP contribution >= 0.6 is 0 Å². The Morgan fingerprint density at radius 3 is 2.71 bits per heavy atom. The summed E-state index contributed by atoms with van der Waals surface area (Å²) in [6, 6.07) is 4.41. The minimum atomic E-state index is -3.74. The summed E-state index contributed by atoms with van der Waals surface area (Å²) in [6.07, 6.45) is 1.50. The molecule has 4 rings (SSSR count). The second-order valence-corrected chi connectivity index (χ2v) is 9.05. The number of amides is 1. The summed E-state index contributed by atoms with van der Waals surface area (Å²) in [7, 11) is -3.74. The van der Waals surface area contributed by atoms with E-state index in [0.29, 0.717) is 36.9 Å². The molecule has 0 radical (unpaired) electrons. The van der Waals surface area contributed by atoms with Gasteiger partial charge in [-0.25, -0.2) is 8.42 Å². The van der Waals surface area contributed by atoms with Crippen molar-refractivity contribution in [3.05, 3.63) is 35.2 Å². The van der Waals surface area contributed by atoms with Crippen LogP contribution in [0.25, 0.3) is 0 Å². The van der Waals surface area contributed by atoms with Crippen molar-refractivity contribution < 1.29 is 22.5 Å². The summed E-state index contributed by atoms with van der Waals surface area (Å²) in [4.78, 5) is 13.6. The van der Waals surface area contributed by atoms with Crippen molar-refractivity contribution in [3.63, 3.8) is 0 Å². The van der Waals surface area contributed by atoms with Crippen LogP contribution in [-0.4, -0.2) is 43.5 Å². The van der Waals surface area contributed by atoms with Crippen molar-refractivity contribution in [1.29, 1.82) is 0 Å². The van der Waals surface area contributed by atoms with Crippen LogP contribution in [0.3, 0.4) is 0 Å². The maximum absolute atomic E-state index is 13.4. The van der Waals surface area contributed by atoms with Crippen LogP contribution in [0.2, 0.25) is 0 Å². The first-order chi connectivity index (χ1) is 13.3. The largest absolute Gasteiger partial charge is 0.489 e. The zero-order valence-corrected chi connectivity index (χ0v) is 17.0. The fourth-order valence-electron chi connectivity index (χ4n) is 4.11. The Hall–Kier alpha value is -2.39. The van der Waals surface area contributed by atoms with E-state index >= 15 is 0 Å². The fraction of sp³-hybridized carbons (Fsp3) is 0.474. The number of carbonyl (C=O) groups is 1. The molecule has 2 aliphatic rings. The van der Waals surface area contributed by atoms with Gasteiger partial charge in [0.25, 0.3) is 0 Å². The van der Waals surface area contributed by atoms with E-state index < -0.39 is 10.0 Å². The lowest BCUT2D eigenvalue weighted by Gasteiger charge is -2.29. The molecule has 0 bridgehead atoms. The predicted octanol–water partition coefficient (Wildman–Crippen LogP) is 2.56. The summed E-state index contributed by atoms with van der Waals surface area (Å²) in [6.45, 7) is 6.35. The molecule has 0 spiro atoms. The lowest BCUT2D eigenvalue weighted by atomic mass is 10.0. The van der Waals surface area contributed by atoms with Gasteiger partial charge >= 0.3 is 0 Å². The molecule has 1 fully saturated rings. The van der Waals surface area contributed by atoms with E-state index in [4.69, 9.17) is 9.26 Å². The Labute approximate surface area is 164 Å². The van der Waals surface area contributed by atoms with Crippen LogP contribution < -0.4 is 9.64 Å². The molecule has 0 aliphatic carbocycles. The van der Waals surface area contributed by atoms with Crippen molar-refractivity contribution >= 4 is 21.6 Å². The minimum absolute atomic E-state index is 0.0989. The number of ether oxygens (including phenoxy) is 1. The van der Waals surface area contributed by atoms with Crippen LogP contribution in [0.4, 0.5) is 5.69 Å². The number of fused-ring (bicyclic) bond motifs is 1. The summed E-state index contributed by atoms with van der Waals surface area (Å²) in [5, 5.41) is 3.98.